The molecule has 0 saturated heterocycles. The summed E-state index contributed by atoms with van der Waals surface area (Å²) in [5.74, 6) is 1.11. The van der Waals surface area contributed by atoms with Crippen molar-refractivity contribution in [3.05, 3.63) is 5.28 Å². The third-order valence-electron chi connectivity index (χ3n) is 4.05. The zero-order chi connectivity index (χ0) is 14.8. The minimum Gasteiger partial charge on any atom is -0.352 e. The number of rotatable bonds is 5. The minimum atomic E-state index is 0.192. The van der Waals surface area contributed by atoms with Crippen molar-refractivity contribution in [3.63, 3.8) is 0 Å². The molecule has 0 bridgehead atoms. The minimum absolute atomic E-state index is 0.192. The second-order valence-corrected chi connectivity index (χ2v) is 6.14. The van der Waals surface area contributed by atoms with Crippen molar-refractivity contribution in [1.29, 1.82) is 0 Å². The van der Waals surface area contributed by atoms with Gasteiger partial charge in [-0.15, -0.1) is 0 Å². The Balaban J connectivity index is 2.10. The van der Waals surface area contributed by atoms with E-state index < -0.39 is 0 Å². The molecule has 1 heterocycles. The molecule has 1 aliphatic rings. The van der Waals surface area contributed by atoms with Gasteiger partial charge in [0.25, 0.3) is 0 Å². The highest BCUT2D eigenvalue weighted by atomic mass is 35.5. The van der Waals surface area contributed by atoms with Gasteiger partial charge in [0.1, 0.15) is 0 Å². The van der Waals surface area contributed by atoms with Crippen LogP contribution in [0.25, 0.3) is 0 Å². The highest BCUT2D eigenvalue weighted by Gasteiger charge is 2.35. The summed E-state index contributed by atoms with van der Waals surface area (Å²) in [6.07, 6.45) is 4.96. The average molecular weight is 299 g/mol. The van der Waals surface area contributed by atoms with Gasteiger partial charge in [-0.3, -0.25) is 0 Å². The van der Waals surface area contributed by atoms with Gasteiger partial charge in [0, 0.05) is 26.2 Å². The maximum absolute atomic E-state index is 5.95. The molecule has 1 aromatic heterocycles. The fraction of sp³-hybridized carbons (Fsp3) is 0.769. The van der Waals surface area contributed by atoms with Crippen molar-refractivity contribution in [2.24, 2.45) is 0 Å². The van der Waals surface area contributed by atoms with Gasteiger partial charge in [-0.2, -0.15) is 15.0 Å². The Morgan fingerprint density at radius 2 is 1.75 bits per heavy atom. The summed E-state index contributed by atoms with van der Waals surface area (Å²) in [5.41, 5.74) is 0.192. The van der Waals surface area contributed by atoms with Crippen LogP contribution in [0.3, 0.4) is 0 Å². The second-order valence-electron chi connectivity index (χ2n) is 5.80. The summed E-state index contributed by atoms with van der Waals surface area (Å²) < 4.78 is 0. The standard InChI is InChI=1S/C13H23ClN6/c1-19(2)12-17-10(14)16-11(18-12)15-9-13(20(3)4)7-5-6-8-13/h5-9H2,1-4H3,(H,15,16,17,18). The molecule has 0 unspecified atom stereocenters. The SMILES string of the molecule is CN(C)c1nc(Cl)nc(NCC2(N(C)C)CCCC2)n1. The molecule has 0 atom stereocenters. The number of nitrogens with one attached hydrogen (secondary N) is 1. The monoisotopic (exact) mass is 298 g/mol. The number of hydrogen-bond acceptors (Lipinski definition) is 6. The summed E-state index contributed by atoms with van der Waals surface area (Å²) in [5, 5.41) is 3.55. The number of nitrogens with zero attached hydrogens (tertiary/aromatic N) is 5. The molecule has 1 aliphatic carbocycles. The van der Waals surface area contributed by atoms with Gasteiger partial charge in [0.05, 0.1) is 0 Å². The summed E-state index contributed by atoms with van der Waals surface area (Å²) in [7, 11) is 8.04. The molecule has 1 aromatic rings. The Hall–Kier alpha value is -1.14. The van der Waals surface area contributed by atoms with Crippen LogP contribution in [0, 0.1) is 0 Å². The lowest BCUT2D eigenvalue weighted by atomic mass is 9.96. The first-order chi connectivity index (χ1) is 9.43. The van der Waals surface area contributed by atoms with Gasteiger partial charge in [-0.25, -0.2) is 0 Å². The highest BCUT2D eigenvalue weighted by molar-refractivity contribution is 6.28. The number of aromatic nitrogens is 3. The largest absolute Gasteiger partial charge is 0.352 e. The van der Waals surface area contributed by atoms with Crippen LogP contribution in [0.15, 0.2) is 0 Å². The van der Waals surface area contributed by atoms with Crippen molar-refractivity contribution in [2.75, 3.05) is 45.0 Å². The van der Waals surface area contributed by atoms with Crippen molar-refractivity contribution < 1.29 is 0 Å². The molecule has 0 amide bonds. The molecule has 0 aliphatic heterocycles. The van der Waals surface area contributed by atoms with Crippen LogP contribution < -0.4 is 10.2 Å². The van der Waals surface area contributed by atoms with E-state index in [1.165, 1.54) is 25.7 Å². The van der Waals surface area contributed by atoms with E-state index >= 15 is 0 Å². The molecule has 0 aromatic carbocycles. The molecule has 0 spiro atoms. The smallest absolute Gasteiger partial charge is 0.230 e. The molecule has 20 heavy (non-hydrogen) atoms. The van der Waals surface area contributed by atoms with E-state index in [0.717, 1.165) is 6.54 Å². The third kappa shape index (κ3) is 3.30. The Morgan fingerprint density at radius 3 is 2.30 bits per heavy atom. The van der Waals surface area contributed by atoms with Crippen molar-refractivity contribution in [2.45, 2.75) is 31.2 Å². The molecule has 112 valence electrons. The fourth-order valence-corrected chi connectivity index (χ4v) is 2.83. The molecule has 1 saturated carbocycles. The van der Waals surface area contributed by atoms with Gasteiger partial charge in [-0.05, 0) is 38.5 Å². The second kappa shape index (κ2) is 6.10. The Bertz CT molecular complexity index is 456. The number of halogens is 1. The van der Waals surface area contributed by atoms with Gasteiger partial charge in [0.2, 0.25) is 17.2 Å². The zero-order valence-electron chi connectivity index (χ0n) is 12.6. The number of hydrogen-bond donors (Lipinski definition) is 1. The molecule has 6 nitrogen and oxygen atoms in total. The topological polar surface area (TPSA) is 57.2 Å². The van der Waals surface area contributed by atoms with Gasteiger partial charge < -0.3 is 15.1 Å². The Labute approximate surface area is 125 Å². The summed E-state index contributed by atoms with van der Waals surface area (Å²) in [6.45, 7) is 0.827. The third-order valence-corrected chi connectivity index (χ3v) is 4.22. The van der Waals surface area contributed by atoms with Crippen molar-refractivity contribution >= 4 is 23.5 Å². The summed E-state index contributed by atoms with van der Waals surface area (Å²) in [4.78, 5) is 16.7. The molecule has 7 heteroatoms. The molecular weight excluding hydrogens is 276 g/mol. The molecule has 2 rings (SSSR count). The lowest BCUT2D eigenvalue weighted by Gasteiger charge is -2.36. The predicted molar refractivity (Wildman–Crippen MR) is 82.5 cm³/mol. The van der Waals surface area contributed by atoms with Gasteiger partial charge in [-0.1, -0.05) is 12.8 Å². The first-order valence-corrected chi connectivity index (χ1v) is 7.31. The van der Waals surface area contributed by atoms with Crippen LogP contribution in [0.2, 0.25) is 5.28 Å². The van der Waals surface area contributed by atoms with Crippen LogP contribution in [-0.4, -0.2) is 60.1 Å². The zero-order valence-corrected chi connectivity index (χ0v) is 13.4. The lowest BCUT2D eigenvalue weighted by molar-refractivity contribution is 0.172. The highest BCUT2D eigenvalue weighted by Crippen LogP contribution is 2.33. The average Bonchev–Trinajstić information content (AvgIpc) is 2.86. The Morgan fingerprint density at radius 1 is 1.10 bits per heavy atom. The van der Waals surface area contributed by atoms with E-state index in [1.807, 2.05) is 19.0 Å². The van der Waals surface area contributed by atoms with Crippen molar-refractivity contribution in [1.82, 2.24) is 19.9 Å². The maximum Gasteiger partial charge on any atom is 0.230 e. The van der Waals surface area contributed by atoms with Gasteiger partial charge >= 0.3 is 0 Å². The van der Waals surface area contributed by atoms with Crippen LogP contribution in [-0.2, 0) is 0 Å². The maximum atomic E-state index is 5.95. The predicted octanol–water partition coefficient (Wildman–Crippen LogP) is 1.88. The van der Waals surface area contributed by atoms with E-state index in [1.54, 1.807) is 0 Å². The molecule has 0 radical (unpaired) electrons. The summed E-state index contributed by atoms with van der Waals surface area (Å²) in [6, 6.07) is 0. The number of likely N-dealkylation sites (N-methyl/N-ethyl adjacent to an activating group) is 1. The quantitative estimate of drug-likeness (QED) is 0.896. The summed E-state index contributed by atoms with van der Waals surface area (Å²) >= 11 is 5.95. The lowest BCUT2D eigenvalue weighted by Crippen LogP contribution is -2.47. The fourth-order valence-electron chi connectivity index (χ4n) is 2.68. The van der Waals surface area contributed by atoms with Crippen LogP contribution in [0.5, 0.6) is 0 Å². The molecule has 1 N–H and O–H groups in total. The molecule has 1 fully saturated rings. The Kier molecular flexibility index (Phi) is 4.65. The first kappa shape index (κ1) is 15.3. The van der Waals surface area contributed by atoms with Gasteiger partial charge in [0.15, 0.2) is 0 Å². The normalized spacial score (nSPS) is 17.5. The number of anilines is 2. The van der Waals surface area contributed by atoms with E-state index in [4.69, 9.17) is 11.6 Å². The first-order valence-electron chi connectivity index (χ1n) is 6.93. The van der Waals surface area contributed by atoms with Crippen molar-refractivity contribution in [3.8, 4) is 0 Å². The van der Waals surface area contributed by atoms with Crippen LogP contribution in [0.4, 0.5) is 11.9 Å². The van der Waals surface area contributed by atoms with Crippen LogP contribution in [0.1, 0.15) is 25.7 Å². The van der Waals surface area contributed by atoms with E-state index in [9.17, 15) is 0 Å². The van der Waals surface area contributed by atoms with E-state index in [2.05, 4.69) is 39.3 Å². The van der Waals surface area contributed by atoms with E-state index in [0.29, 0.717) is 11.9 Å². The van der Waals surface area contributed by atoms with E-state index in [-0.39, 0.29) is 10.8 Å². The van der Waals surface area contributed by atoms with Crippen LogP contribution >= 0.6 is 11.6 Å². The molecular formula is C13H23ClN6.